The molecule has 0 aliphatic carbocycles. The third-order valence-electron chi connectivity index (χ3n) is 2.39. The van der Waals surface area contributed by atoms with E-state index in [4.69, 9.17) is 0 Å². The van der Waals surface area contributed by atoms with E-state index >= 15 is 0 Å². The Morgan fingerprint density at radius 1 is 1.39 bits per heavy atom. The van der Waals surface area contributed by atoms with Gasteiger partial charge in [-0.3, -0.25) is 4.79 Å². The Hall–Kier alpha value is -2.50. The van der Waals surface area contributed by atoms with Crippen molar-refractivity contribution in [3.63, 3.8) is 0 Å². The van der Waals surface area contributed by atoms with E-state index in [2.05, 4.69) is 9.84 Å². The summed E-state index contributed by atoms with van der Waals surface area (Å²) >= 11 is 0. The molecule has 6 heteroatoms. The minimum atomic E-state index is -0.648. The number of hydrogen-bond donors (Lipinski definition) is 0. The number of methoxy groups -OCH3 is 1. The zero-order valence-corrected chi connectivity index (χ0v) is 9.46. The second-order valence-electron chi connectivity index (χ2n) is 3.44. The lowest BCUT2D eigenvalue weighted by Gasteiger charge is -2.03. The molecule has 0 aliphatic rings. The van der Waals surface area contributed by atoms with Gasteiger partial charge >= 0.3 is 5.97 Å². The number of benzene rings is 1. The number of esters is 1. The first-order chi connectivity index (χ1) is 8.67. The molecule has 0 aliphatic heterocycles. The van der Waals surface area contributed by atoms with Crippen molar-refractivity contribution in [1.29, 1.82) is 0 Å². The van der Waals surface area contributed by atoms with Gasteiger partial charge in [0, 0.05) is 0 Å². The first kappa shape index (κ1) is 12.0. The molecule has 92 valence electrons. The topological polar surface area (TPSA) is 61.2 Å². The van der Waals surface area contributed by atoms with Crippen molar-refractivity contribution in [1.82, 2.24) is 9.78 Å². The number of carbonyl (C=O) groups excluding carboxylic acids is 2. The highest BCUT2D eigenvalue weighted by molar-refractivity contribution is 5.97. The number of carbonyl (C=O) groups is 2. The van der Waals surface area contributed by atoms with Crippen LogP contribution in [0.15, 0.2) is 30.5 Å². The summed E-state index contributed by atoms with van der Waals surface area (Å²) in [6, 6.07) is 5.39. The maximum atomic E-state index is 12.8. The van der Waals surface area contributed by atoms with E-state index in [1.165, 1.54) is 42.3 Å². The van der Waals surface area contributed by atoms with Gasteiger partial charge < -0.3 is 4.74 Å². The first-order valence-corrected chi connectivity index (χ1v) is 5.05. The van der Waals surface area contributed by atoms with Gasteiger partial charge in [0.2, 0.25) is 0 Å². The molecule has 0 atom stereocenters. The summed E-state index contributed by atoms with van der Waals surface area (Å²) in [5.41, 5.74) is 0.610. The van der Waals surface area contributed by atoms with E-state index < -0.39 is 11.8 Å². The highest BCUT2D eigenvalue weighted by Crippen LogP contribution is 2.14. The van der Waals surface area contributed by atoms with Gasteiger partial charge in [-0.2, -0.15) is 5.10 Å². The lowest BCUT2D eigenvalue weighted by atomic mass is 10.2. The fraction of sp³-hybridized carbons (Fsp3) is 0.0833. The number of aldehydes is 1. The predicted molar refractivity (Wildman–Crippen MR) is 60.2 cm³/mol. The molecule has 1 aromatic heterocycles. The minimum absolute atomic E-state index is 0.0634. The van der Waals surface area contributed by atoms with Crippen molar-refractivity contribution < 1.29 is 18.7 Å². The van der Waals surface area contributed by atoms with Gasteiger partial charge in [-0.25, -0.2) is 13.9 Å². The van der Waals surface area contributed by atoms with Gasteiger partial charge in [-0.15, -0.1) is 0 Å². The number of hydrogen-bond acceptors (Lipinski definition) is 4. The Bertz CT molecular complexity index is 590. The zero-order chi connectivity index (χ0) is 13.1. The average Bonchev–Trinajstić information content (AvgIpc) is 2.82. The Labute approximate surface area is 102 Å². The molecule has 0 saturated heterocycles. The summed E-state index contributed by atoms with van der Waals surface area (Å²) in [6.45, 7) is 0. The number of rotatable bonds is 3. The van der Waals surface area contributed by atoms with Crippen molar-refractivity contribution in [2.45, 2.75) is 0 Å². The molecule has 0 unspecified atom stereocenters. The molecule has 0 bridgehead atoms. The standard InChI is InChI=1S/C12H9FN2O3/c1-18-12(17)10-6-14-15(11(10)7-16)9-4-2-8(13)3-5-9/h2-7H,1H3. The van der Waals surface area contributed by atoms with E-state index in [9.17, 15) is 14.0 Å². The average molecular weight is 248 g/mol. The van der Waals surface area contributed by atoms with E-state index in [0.717, 1.165) is 0 Å². The summed E-state index contributed by atoms with van der Waals surface area (Å²) in [5, 5.41) is 3.92. The lowest BCUT2D eigenvalue weighted by molar-refractivity contribution is 0.0598. The van der Waals surface area contributed by atoms with Crippen molar-refractivity contribution in [2.24, 2.45) is 0 Å². The van der Waals surface area contributed by atoms with Crippen LogP contribution in [0.1, 0.15) is 20.8 Å². The van der Waals surface area contributed by atoms with Crippen LogP contribution in [0.3, 0.4) is 0 Å². The van der Waals surface area contributed by atoms with Crippen LogP contribution >= 0.6 is 0 Å². The van der Waals surface area contributed by atoms with E-state index in [1.807, 2.05) is 0 Å². The van der Waals surface area contributed by atoms with E-state index in [0.29, 0.717) is 12.0 Å². The Morgan fingerprint density at radius 3 is 2.61 bits per heavy atom. The molecule has 1 aromatic carbocycles. The van der Waals surface area contributed by atoms with Crippen molar-refractivity contribution >= 4 is 12.3 Å². The fourth-order valence-corrected chi connectivity index (χ4v) is 1.53. The first-order valence-electron chi connectivity index (χ1n) is 5.05. The van der Waals surface area contributed by atoms with Crippen LogP contribution in [-0.2, 0) is 4.74 Å². The highest BCUT2D eigenvalue weighted by Gasteiger charge is 2.18. The maximum Gasteiger partial charge on any atom is 0.341 e. The second kappa shape index (κ2) is 4.79. The fourth-order valence-electron chi connectivity index (χ4n) is 1.53. The molecule has 2 aromatic rings. The van der Waals surface area contributed by atoms with Gasteiger partial charge in [0.05, 0.1) is 19.0 Å². The molecule has 0 N–H and O–H groups in total. The van der Waals surface area contributed by atoms with Crippen LogP contribution in [0.25, 0.3) is 5.69 Å². The molecule has 0 amide bonds. The normalized spacial score (nSPS) is 10.1. The lowest BCUT2D eigenvalue weighted by Crippen LogP contribution is -2.07. The zero-order valence-electron chi connectivity index (χ0n) is 9.46. The number of aromatic nitrogens is 2. The third kappa shape index (κ3) is 2.00. The Morgan fingerprint density at radius 2 is 2.06 bits per heavy atom. The van der Waals surface area contributed by atoms with Crippen LogP contribution < -0.4 is 0 Å². The van der Waals surface area contributed by atoms with Crippen molar-refractivity contribution in [2.75, 3.05) is 7.11 Å². The largest absolute Gasteiger partial charge is 0.465 e. The molecule has 1 heterocycles. The van der Waals surface area contributed by atoms with Crippen LogP contribution in [0, 0.1) is 5.82 Å². The molecular formula is C12H9FN2O3. The summed E-state index contributed by atoms with van der Waals surface area (Å²) < 4.78 is 18.6. The second-order valence-corrected chi connectivity index (χ2v) is 3.44. The third-order valence-corrected chi connectivity index (χ3v) is 2.39. The summed E-state index contributed by atoms with van der Waals surface area (Å²) in [7, 11) is 1.21. The van der Waals surface area contributed by atoms with Gasteiger partial charge in [-0.05, 0) is 24.3 Å². The van der Waals surface area contributed by atoms with Gasteiger partial charge in [-0.1, -0.05) is 0 Å². The molecular weight excluding hydrogens is 239 g/mol. The maximum absolute atomic E-state index is 12.8. The molecule has 0 fully saturated rings. The quantitative estimate of drug-likeness (QED) is 0.611. The van der Waals surface area contributed by atoms with Crippen LogP contribution in [0.4, 0.5) is 4.39 Å². The number of nitrogens with zero attached hydrogens (tertiary/aromatic N) is 2. The molecule has 0 spiro atoms. The van der Waals surface area contributed by atoms with Crippen molar-refractivity contribution in [3.05, 3.63) is 47.5 Å². The Kier molecular flexibility index (Phi) is 3.18. The molecule has 2 rings (SSSR count). The van der Waals surface area contributed by atoms with Crippen LogP contribution in [0.5, 0.6) is 0 Å². The molecule has 0 saturated carbocycles. The van der Waals surface area contributed by atoms with Gasteiger partial charge in [0.15, 0.2) is 6.29 Å². The highest BCUT2D eigenvalue weighted by atomic mass is 19.1. The summed E-state index contributed by atoms with van der Waals surface area (Å²) in [5.74, 6) is -1.04. The summed E-state index contributed by atoms with van der Waals surface area (Å²) in [4.78, 5) is 22.4. The monoisotopic (exact) mass is 248 g/mol. The van der Waals surface area contributed by atoms with E-state index in [1.54, 1.807) is 0 Å². The van der Waals surface area contributed by atoms with Gasteiger partial charge in [0.25, 0.3) is 0 Å². The van der Waals surface area contributed by atoms with Crippen LogP contribution in [-0.4, -0.2) is 29.1 Å². The molecule has 0 radical (unpaired) electrons. The van der Waals surface area contributed by atoms with E-state index in [-0.39, 0.29) is 11.3 Å². The van der Waals surface area contributed by atoms with Gasteiger partial charge in [0.1, 0.15) is 17.1 Å². The Balaban J connectivity index is 2.52. The number of ether oxygens (including phenoxy) is 1. The summed E-state index contributed by atoms with van der Waals surface area (Å²) in [6.07, 6.45) is 1.74. The minimum Gasteiger partial charge on any atom is -0.465 e. The molecule has 18 heavy (non-hydrogen) atoms. The van der Waals surface area contributed by atoms with Crippen molar-refractivity contribution in [3.8, 4) is 5.69 Å². The molecule has 5 nitrogen and oxygen atoms in total. The SMILES string of the molecule is COC(=O)c1cnn(-c2ccc(F)cc2)c1C=O. The van der Waals surface area contributed by atoms with Crippen LogP contribution in [0.2, 0.25) is 0 Å². The number of halogens is 1. The smallest absolute Gasteiger partial charge is 0.341 e. The predicted octanol–water partition coefficient (Wildman–Crippen LogP) is 1.61.